The quantitative estimate of drug-likeness (QED) is 0.0264. The normalized spacial score (nSPS) is 12.7. The van der Waals surface area contributed by atoms with Crippen LogP contribution in [0.5, 0.6) is 11.5 Å². The van der Waals surface area contributed by atoms with Crippen molar-refractivity contribution in [2.45, 2.75) is 25.6 Å². The van der Waals surface area contributed by atoms with Crippen LogP contribution in [-0.4, -0.2) is 88.1 Å². The van der Waals surface area contributed by atoms with Crippen molar-refractivity contribution in [3.63, 3.8) is 0 Å². The van der Waals surface area contributed by atoms with E-state index in [4.69, 9.17) is 37.2 Å². The molecule has 340 valence electrons. The topological polar surface area (TPSA) is 320 Å². The molecule has 28 heteroatoms. The predicted octanol–water partition coefficient (Wildman–Crippen LogP) is 6.04. The van der Waals surface area contributed by atoms with Gasteiger partial charge in [0.25, 0.3) is 11.6 Å². The van der Waals surface area contributed by atoms with Gasteiger partial charge < -0.3 is 30.9 Å². The third-order valence-corrected chi connectivity index (χ3v) is 9.11. The Morgan fingerprint density at radius 1 is 1.03 bits per heavy atom. The number of pyridine rings is 1. The molecular formula is C35H34ClF5N7O13PS. The number of halogens is 6. The Bertz CT molecular complexity index is 2540. The van der Waals surface area contributed by atoms with Gasteiger partial charge in [-0.1, -0.05) is 11.6 Å². The molecule has 3 amide bonds. The van der Waals surface area contributed by atoms with Gasteiger partial charge in [-0.15, -0.1) is 0 Å². The number of nitrogens with two attached hydrogens (primary N) is 1. The number of hydrazone groups is 1. The Morgan fingerprint density at radius 3 is 2.16 bits per heavy atom. The van der Waals surface area contributed by atoms with Crippen LogP contribution in [-0.2, 0) is 25.6 Å². The molecule has 0 radical (unpaired) electrons. The second-order valence-corrected chi connectivity index (χ2v) is 17.2. The van der Waals surface area contributed by atoms with E-state index in [9.17, 15) is 64.2 Å². The molecule has 4 rings (SSSR count). The summed E-state index contributed by atoms with van der Waals surface area (Å²) in [4.78, 5) is 67.7. The number of carbonyl (C=O) groups is 4. The maximum absolute atomic E-state index is 13.0. The Balaban J connectivity index is 0.000000355. The van der Waals surface area contributed by atoms with Gasteiger partial charge in [-0.3, -0.25) is 29.3 Å². The van der Waals surface area contributed by atoms with Gasteiger partial charge >= 0.3 is 24.1 Å². The molecule has 2 unspecified atom stereocenters. The number of nitro groups is 1. The van der Waals surface area contributed by atoms with Crippen molar-refractivity contribution in [2.75, 3.05) is 24.4 Å². The smallest absolute Gasteiger partial charge is 0.416 e. The van der Waals surface area contributed by atoms with Crippen LogP contribution in [0.4, 0.5) is 38.1 Å². The van der Waals surface area contributed by atoms with Crippen molar-refractivity contribution in [3.8, 4) is 11.5 Å². The molecule has 0 aliphatic rings. The summed E-state index contributed by atoms with van der Waals surface area (Å²) in [7, 11) is -7.10. The minimum absolute atomic E-state index is 0.0412. The molecule has 1 heterocycles. The van der Waals surface area contributed by atoms with Gasteiger partial charge in [0.1, 0.15) is 40.4 Å². The Hall–Kier alpha value is -6.60. The first-order chi connectivity index (χ1) is 29.0. The fourth-order valence-corrected chi connectivity index (χ4v) is 5.79. The highest BCUT2D eigenvalue weighted by Crippen LogP contribution is 2.37. The van der Waals surface area contributed by atoms with E-state index in [-0.39, 0.29) is 46.7 Å². The number of urea groups is 1. The van der Waals surface area contributed by atoms with Crippen LogP contribution in [0.2, 0.25) is 5.02 Å². The number of carboxylic acid groups (broad SMARTS) is 2. The molecule has 0 aliphatic heterocycles. The number of alkyl halides is 3. The molecule has 1 aromatic heterocycles. The average molecular weight is 954 g/mol. The standard InChI is InChI=1S/C15H10ClF3N2O6S.C15H12F2N4O3.C5H12NO4P/c1-28(25,26)20-14(22)10-7-9(3-4-12(10)21(23)24)27-13-5-2-8(6-11(13)16)15(17,18)19;1-8(13-12(14(22)23)3-2-4-18-13)20-21-15(24)19-11-6-9(16)5-10(17)7-11;1-11(9,10)3-2-4(6)5(7)8/h2-7H,1H3,(H,20,22);2-7H,1H3,(H,22,23)(H2,19,21,24);4H,2-3,6H2,1H3,(H,7,8)(H,9,10)/b;20-8+;. The number of aliphatic carboxylic acids is 1. The monoisotopic (exact) mass is 953 g/mol. The number of carboxylic acids is 2. The van der Waals surface area contributed by atoms with E-state index in [1.807, 2.05) is 0 Å². The Morgan fingerprint density at radius 2 is 1.65 bits per heavy atom. The number of carbonyl (C=O) groups excluding carboxylic acids is 2. The number of nitro benzene ring substituents is 1. The zero-order valence-corrected chi connectivity index (χ0v) is 34.9. The Kier molecular flexibility index (Phi) is 18.7. The van der Waals surface area contributed by atoms with Gasteiger partial charge in [0, 0.05) is 42.9 Å². The second kappa shape index (κ2) is 22.5. The zero-order chi connectivity index (χ0) is 48.0. The van der Waals surface area contributed by atoms with Crippen molar-refractivity contribution in [2.24, 2.45) is 10.8 Å². The minimum atomic E-state index is -4.62. The van der Waals surface area contributed by atoms with Crippen molar-refractivity contribution in [3.05, 3.63) is 122 Å². The summed E-state index contributed by atoms with van der Waals surface area (Å²) in [6.07, 6.45) is -2.55. The third-order valence-electron chi connectivity index (χ3n) is 7.17. The van der Waals surface area contributed by atoms with Crippen LogP contribution in [0.25, 0.3) is 0 Å². The van der Waals surface area contributed by atoms with Crippen molar-refractivity contribution < 1.29 is 78.9 Å². The van der Waals surface area contributed by atoms with Crippen molar-refractivity contribution >= 4 is 70.0 Å². The van der Waals surface area contributed by atoms with E-state index in [0.29, 0.717) is 24.5 Å². The summed E-state index contributed by atoms with van der Waals surface area (Å²) in [5.41, 5.74) is 4.90. The highest BCUT2D eigenvalue weighted by Gasteiger charge is 2.31. The van der Waals surface area contributed by atoms with Gasteiger partial charge in [-0.2, -0.15) is 18.3 Å². The lowest BCUT2D eigenvalue weighted by Gasteiger charge is -2.12. The lowest BCUT2D eigenvalue weighted by atomic mass is 10.1. The first-order valence-corrected chi connectivity index (χ1v) is 21.4. The number of aromatic carboxylic acids is 1. The maximum Gasteiger partial charge on any atom is 0.416 e. The number of amides is 3. The summed E-state index contributed by atoms with van der Waals surface area (Å²) in [5, 5.41) is 33.9. The number of anilines is 1. The van der Waals surface area contributed by atoms with Crippen LogP contribution in [0.15, 0.2) is 78.0 Å². The molecule has 4 aromatic rings. The minimum Gasteiger partial charge on any atom is -0.480 e. The van der Waals surface area contributed by atoms with Gasteiger partial charge in [-0.25, -0.2) is 36.9 Å². The predicted molar refractivity (Wildman–Crippen MR) is 215 cm³/mol. The highest BCUT2D eigenvalue weighted by molar-refractivity contribution is 7.89. The molecule has 0 saturated carbocycles. The molecule has 8 N–H and O–H groups in total. The number of aromatic nitrogens is 1. The number of rotatable bonds is 13. The third kappa shape index (κ3) is 18.5. The van der Waals surface area contributed by atoms with Crippen molar-refractivity contribution in [1.82, 2.24) is 15.1 Å². The Labute approximate surface area is 357 Å². The van der Waals surface area contributed by atoms with Crippen LogP contribution in [0.1, 0.15) is 45.3 Å². The second-order valence-electron chi connectivity index (χ2n) is 12.5. The average Bonchev–Trinajstić information content (AvgIpc) is 3.15. The van der Waals surface area contributed by atoms with E-state index in [1.54, 1.807) is 4.72 Å². The fraction of sp³-hybridized carbons (Fsp3) is 0.200. The molecule has 2 atom stereocenters. The number of hydrogen-bond donors (Lipinski definition) is 7. The molecule has 0 fully saturated rings. The zero-order valence-electron chi connectivity index (χ0n) is 32.4. The van der Waals surface area contributed by atoms with Gasteiger partial charge in [-0.05, 0) is 61.9 Å². The van der Waals surface area contributed by atoms with Crippen LogP contribution in [0, 0.1) is 21.7 Å². The summed E-state index contributed by atoms with van der Waals surface area (Å²) in [6, 6.07) is 8.54. The van der Waals surface area contributed by atoms with Gasteiger partial charge in [0.05, 0.1) is 33.0 Å². The van der Waals surface area contributed by atoms with Gasteiger partial charge in [0.2, 0.25) is 10.0 Å². The largest absolute Gasteiger partial charge is 0.480 e. The van der Waals surface area contributed by atoms with Crippen LogP contribution in [0.3, 0.4) is 0 Å². The number of nitrogens with zero attached hydrogens (tertiary/aromatic N) is 3. The van der Waals surface area contributed by atoms with E-state index < -0.39 is 91.9 Å². The van der Waals surface area contributed by atoms with Crippen LogP contribution < -0.4 is 25.9 Å². The van der Waals surface area contributed by atoms with E-state index >= 15 is 0 Å². The summed E-state index contributed by atoms with van der Waals surface area (Å²) in [5.74, 6) is -5.69. The SMILES string of the molecule is C/C(=N\NC(=O)Nc1cc(F)cc(F)c1)c1ncccc1C(=O)O.CP(=O)(O)CCC(N)C(=O)O.CS(=O)(=O)NC(=O)c1cc(Oc2ccc(C(F)(F)F)cc2Cl)ccc1[N+](=O)[O-]. The molecule has 3 aromatic carbocycles. The van der Waals surface area contributed by atoms with E-state index in [1.165, 1.54) is 31.9 Å². The van der Waals surface area contributed by atoms with Crippen LogP contribution >= 0.6 is 19.0 Å². The summed E-state index contributed by atoms with van der Waals surface area (Å²) >= 11 is 5.76. The molecular weight excluding hydrogens is 920 g/mol. The number of benzene rings is 3. The molecule has 0 aliphatic carbocycles. The van der Waals surface area contributed by atoms with E-state index in [0.717, 1.165) is 36.4 Å². The van der Waals surface area contributed by atoms with E-state index in [2.05, 4.69) is 20.8 Å². The maximum atomic E-state index is 13.0. The first kappa shape index (κ1) is 52.5. The van der Waals surface area contributed by atoms with Gasteiger partial charge in [0.15, 0.2) is 7.37 Å². The number of nitrogens with one attached hydrogen (secondary N) is 3. The molecule has 63 heavy (non-hydrogen) atoms. The number of ether oxygens (including phenoxy) is 1. The highest BCUT2D eigenvalue weighted by atomic mass is 35.5. The lowest BCUT2D eigenvalue weighted by molar-refractivity contribution is -0.385. The summed E-state index contributed by atoms with van der Waals surface area (Å²) in [6.45, 7) is 2.64. The number of sulfonamides is 1. The first-order valence-electron chi connectivity index (χ1n) is 16.9. The van der Waals surface area contributed by atoms with Crippen molar-refractivity contribution in [1.29, 1.82) is 0 Å². The molecule has 20 nitrogen and oxygen atoms in total. The lowest BCUT2D eigenvalue weighted by Crippen LogP contribution is -2.30. The molecule has 0 bridgehead atoms. The molecule has 0 saturated heterocycles. The summed E-state index contributed by atoms with van der Waals surface area (Å²) < 4.78 is 104. The fourth-order valence-electron chi connectivity index (χ4n) is 4.37. The molecule has 0 spiro atoms. The number of hydrogen-bond acceptors (Lipinski definition) is 13.